The summed E-state index contributed by atoms with van der Waals surface area (Å²) in [5.74, 6) is 2.11. The third-order valence-electron chi connectivity index (χ3n) is 5.48. The number of hydrogen-bond donors (Lipinski definition) is 0. The topological polar surface area (TPSA) is 32.3 Å². The van der Waals surface area contributed by atoms with E-state index in [1.54, 1.807) is 6.33 Å². The Morgan fingerprint density at radius 2 is 1.96 bits per heavy atom. The van der Waals surface area contributed by atoms with Crippen molar-refractivity contribution < 1.29 is 0 Å². The third-order valence-corrected chi connectivity index (χ3v) is 5.48. The van der Waals surface area contributed by atoms with Crippen LogP contribution < -0.4 is 9.80 Å². The quantitative estimate of drug-likeness (QED) is 0.842. The second-order valence-corrected chi connectivity index (χ2v) is 7.04. The Morgan fingerprint density at radius 3 is 2.83 bits per heavy atom. The van der Waals surface area contributed by atoms with Crippen LogP contribution >= 0.6 is 0 Å². The van der Waals surface area contributed by atoms with Crippen LogP contribution in [0.2, 0.25) is 0 Å². The minimum Gasteiger partial charge on any atom is -0.353 e. The first-order chi connectivity index (χ1) is 11.8. The van der Waals surface area contributed by atoms with Crippen molar-refractivity contribution >= 4 is 17.3 Å². The molecule has 0 saturated carbocycles. The van der Waals surface area contributed by atoms with Gasteiger partial charge >= 0.3 is 0 Å². The molecule has 2 aliphatic rings. The van der Waals surface area contributed by atoms with E-state index in [2.05, 4.69) is 63.9 Å². The van der Waals surface area contributed by atoms with Gasteiger partial charge in [-0.25, -0.2) is 9.97 Å². The molecule has 0 amide bonds. The standard InChI is InChI=1S/C20H26N4/c1-3-17-9-6-7-11-23(17)19-13-20(22-14-21-19)24-15(2)12-16-8-4-5-10-18(16)24/h4-5,8,10,13-15,17H,3,6-7,9,11-12H2,1-2H3. The lowest BCUT2D eigenvalue weighted by atomic mass is 10.00. The van der Waals surface area contributed by atoms with Crippen LogP contribution in [0.25, 0.3) is 0 Å². The Hall–Kier alpha value is -2.10. The van der Waals surface area contributed by atoms with Gasteiger partial charge in [0, 0.05) is 30.4 Å². The fraction of sp³-hybridized carbons (Fsp3) is 0.500. The number of anilines is 3. The van der Waals surface area contributed by atoms with E-state index in [4.69, 9.17) is 0 Å². The molecule has 126 valence electrons. The molecule has 24 heavy (non-hydrogen) atoms. The number of fused-ring (bicyclic) bond motifs is 1. The maximum atomic E-state index is 4.60. The van der Waals surface area contributed by atoms with E-state index in [0.717, 1.165) is 24.6 Å². The molecule has 1 fully saturated rings. The summed E-state index contributed by atoms with van der Waals surface area (Å²) in [6.45, 7) is 5.67. The average Bonchev–Trinajstić information content (AvgIpc) is 2.97. The Labute approximate surface area is 144 Å². The summed E-state index contributed by atoms with van der Waals surface area (Å²) < 4.78 is 0. The van der Waals surface area contributed by atoms with Crippen molar-refractivity contribution in [2.24, 2.45) is 0 Å². The highest BCUT2D eigenvalue weighted by Crippen LogP contribution is 2.38. The van der Waals surface area contributed by atoms with Crippen molar-refractivity contribution in [3.05, 3.63) is 42.2 Å². The van der Waals surface area contributed by atoms with Gasteiger partial charge in [0.1, 0.15) is 18.0 Å². The summed E-state index contributed by atoms with van der Waals surface area (Å²) in [4.78, 5) is 14.1. The van der Waals surface area contributed by atoms with Gasteiger partial charge < -0.3 is 9.80 Å². The molecule has 4 heteroatoms. The van der Waals surface area contributed by atoms with Gasteiger partial charge in [-0.1, -0.05) is 25.1 Å². The molecule has 2 aliphatic heterocycles. The summed E-state index contributed by atoms with van der Waals surface area (Å²) in [5.41, 5.74) is 2.70. The molecule has 0 bridgehead atoms. The predicted molar refractivity (Wildman–Crippen MR) is 99.1 cm³/mol. The van der Waals surface area contributed by atoms with Gasteiger partial charge in [0.05, 0.1) is 0 Å². The van der Waals surface area contributed by atoms with Crippen molar-refractivity contribution in [1.29, 1.82) is 0 Å². The van der Waals surface area contributed by atoms with Crippen molar-refractivity contribution in [2.75, 3.05) is 16.3 Å². The number of nitrogens with zero attached hydrogens (tertiary/aromatic N) is 4. The van der Waals surface area contributed by atoms with Crippen molar-refractivity contribution in [3.63, 3.8) is 0 Å². The zero-order chi connectivity index (χ0) is 16.5. The second kappa shape index (κ2) is 6.42. The van der Waals surface area contributed by atoms with Gasteiger partial charge in [-0.2, -0.15) is 0 Å². The van der Waals surface area contributed by atoms with Crippen LogP contribution in [0, 0.1) is 0 Å². The van der Waals surface area contributed by atoms with Gasteiger partial charge in [0.25, 0.3) is 0 Å². The van der Waals surface area contributed by atoms with E-state index in [9.17, 15) is 0 Å². The maximum Gasteiger partial charge on any atom is 0.138 e. The van der Waals surface area contributed by atoms with E-state index in [0.29, 0.717) is 12.1 Å². The molecule has 2 atom stereocenters. The lowest BCUT2D eigenvalue weighted by Gasteiger charge is -2.36. The highest BCUT2D eigenvalue weighted by atomic mass is 15.3. The highest BCUT2D eigenvalue weighted by molar-refractivity contribution is 5.70. The van der Waals surface area contributed by atoms with Crippen LogP contribution in [0.3, 0.4) is 0 Å². The van der Waals surface area contributed by atoms with E-state index in [1.165, 1.54) is 36.9 Å². The molecule has 0 aliphatic carbocycles. The summed E-state index contributed by atoms with van der Waals surface area (Å²) in [7, 11) is 0. The molecule has 0 spiro atoms. The lowest BCUT2D eigenvalue weighted by molar-refractivity contribution is 0.446. The van der Waals surface area contributed by atoms with Crippen LogP contribution in [-0.2, 0) is 6.42 Å². The summed E-state index contributed by atoms with van der Waals surface area (Å²) in [5, 5.41) is 0. The molecule has 2 aromatic rings. The SMILES string of the molecule is CCC1CCCCN1c1cc(N2c3ccccc3CC2C)ncn1. The van der Waals surface area contributed by atoms with Crippen molar-refractivity contribution in [1.82, 2.24) is 9.97 Å². The molecule has 4 rings (SSSR count). The number of rotatable bonds is 3. The van der Waals surface area contributed by atoms with Crippen LogP contribution in [0.4, 0.5) is 17.3 Å². The largest absolute Gasteiger partial charge is 0.353 e. The van der Waals surface area contributed by atoms with Crippen LogP contribution in [0.5, 0.6) is 0 Å². The predicted octanol–water partition coefficient (Wildman–Crippen LogP) is 4.33. The Bertz CT molecular complexity index is 714. The normalized spacial score (nSPS) is 23.4. The fourth-order valence-corrected chi connectivity index (χ4v) is 4.27. The van der Waals surface area contributed by atoms with Crippen LogP contribution in [0.15, 0.2) is 36.7 Å². The molecule has 3 heterocycles. The summed E-state index contributed by atoms with van der Waals surface area (Å²) >= 11 is 0. The molecule has 0 radical (unpaired) electrons. The minimum absolute atomic E-state index is 0.438. The monoisotopic (exact) mass is 322 g/mol. The van der Waals surface area contributed by atoms with Crippen LogP contribution in [-0.4, -0.2) is 28.6 Å². The maximum absolute atomic E-state index is 4.60. The molecule has 1 aromatic heterocycles. The first-order valence-corrected chi connectivity index (χ1v) is 9.23. The average molecular weight is 322 g/mol. The highest BCUT2D eigenvalue weighted by Gasteiger charge is 2.29. The van der Waals surface area contributed by atoms with Gasteiger partial charge in [0.15, 0.2) is 0 Å². The smallest absolute Gasteiger partial charge is 0.138 e. The summed E-state index contributed by atoms with van der Waals surface area (Å²) in [6, 6.07) is 11.9. The number of aromatic nitrogens is 2. The van der Waals surface area contributed by atoms with E-state index in [1.807, 2.05) is 0 Å². The Balaban J connectivity index is 1.68. The number of benzene rings is 1. The van der Waals surface area contributed by atoms with Gasteiger partial charge in [-0.3, -0.25) is 0 Å². The van der Waals surface area contributed by atoms with Crippen molar-refractivity contribution in [2.45, 2.75) is 58.0 Å². The minimum atomic E-state index is 0.438. The lowest BCUT2D eigenvalue weighted by Crippen LogP contribution is -2.39. The zero-order valence-corrected chi connectivity index (χ0v) is 14.7. The van der Waals surface area contributed by atoms with E-state index < -0.39 is 0 Å². The van der Waals surface area contributed by atoms with E-state index in [-0.39, 0.29) is 0 Å². The number of para-hydroxylation sites is 1. The van der Waals surface area contributed by atoms with Crippen LogP contribution in [0.1, 0.15) is 45.1 Å². The number of piperidine rings is 1. The fourth-order valence-electron chi connectivity index (χ4n) is 4.27. The first kappa shape index (κ1) is 15.4. The first-order valence-electron chi connectivity index (χ1n) is 9.23. The van der Waals surface area contributed by atoms with Gasteiger partial charge in [-0.05, 0) is 50.7 Å². The molecule has 1 aromatic carbocycles. The Morgan fingerprint density at radius 1 is 1.12 bits per heavy atom. The molecule has 2 unspecified atom stereocenters. The molecular weight excluding hydrogens is 296 g/mol. The van der Waals surface area contributed by atoms with E-state index >= 15 is 0 Å². The molecular formula is C20H26N4. The third kappa shape index (κ3) is 2.64. The molecule has 0 N–H and O–H groups in total. The number of hydrogen-bond acceptors (Lipinski definition) is 4. The zero-order valence-electron chi connectivity index (χ0n) is 14.7. The Kier molecular flexibility index (Phi) is 4.13. The summed E-state index contributed by atoms with van der Waals surface area (Å²) in [6.07, 6.45) is 7.87. The second-order valence-electron chi connectivity index (χ2n) is 7.04. The van der Waals surface area contributed by atoms with Gasteiger partial charge in [-0.15, -0.1) is 0 Å². The van der Waals surface area contributed by atoms with Gasteiger partial charge in [0.2, 0.25) is 0 Å². The molecule has 4 nitrogen and oxygen atoms in total. The van der Waals surface area contributed by atoms with Crippen molar-refractivity contribution in [3.8, 4) is 0 Å². The molecule has 1 saturated heterocycles.